The van der Waals surface area contributed by atoms with Crippen molar-refractivity contribution < 1.29 is 0 Å². The van der Waals surface area contributed by atoms with Crippen molar-refractivity contribution in [3.05, 3.63) is 73.2 Å². The zero-order valence-electron chi connectivity index (χ0n) is 14.2. The van der Waals surface area contributed by atoms with Crippen LogP contribution in [0.5, 0.6) is 0 Å². The van der Waals surface area contributed by atoms with Crippen molar-refractivity contribution in [2.45, 2.75) is 39.7 Å². The molecule has 2 unspecified atom stereocenters. The van der Waals surface area contributed by atoms with E-state index in [0.717, 1.165) is 9.52 Å². The molecule has 0 N–H and O–H groups in total. The lowest BCUT2D eigenvalue weighted by molar-refractivity contribution is 0.893. The van der Waals surface area contributed by atoms with Crippen LogP contribution >= 0.6 is 11.8 Å². The first kappa shape index (κ1) is 15.3. The number of rotatable bonds is 3. The molecule has 0 fully saturated rings. The van der Waals surface area contributed by atoms with E-state index in [-0.39, 0.29) is 0 Å². The smallest absolute Gasteiger partial charge is 0.0944 e. The Morgan fingerprint density at radius 2 is 1.83 bits per heavy atom. The number of fused-ring (bicyclic) bond motifs is 2. The molecule has 2 atom stereocenters. The summed E-state index contributed by atoms with van der Waals surface area (Å²) >= 11 is 2.03. The van der Waals surface area contributed by atoms with E-state index in [1.54, 1.807) is 26.2 Å². The summed E-state index contributed by atoms with van der Waals surface area (Å²) in [6.45, 7) is 9.27. The fourth-order valence-corrected chi connectivity index (χ4v) is 7.16. The van der Waals surface area contributed by atoms with Crippen molar-refractivity contribution in [2.75, 3.05) is 0 Å². The van der Waals surface area contributed by atoms with Crippen LogP contribution in [0.25, 0.3) is 6.08 Å². The maximum atomic E-state index is 2.50. The van der Waals surface area contributed by atoms with Gasteiger partial charge < -0.3 is 0 Å². The predicted molar refractivity (Wildman–Crippen MR) is 103 cm³/mol. The van der Waals surface area contributed by atoms with E-state index in [4.69, 9.17) is 0 Å². The second-order valence-electron chi connectivity index (χ2n) is 6.73. The maximum absolute atomic E-state index is 2.50. The molecule has 3 aliphatic rings. The fourth-order valence-electron chi connectivity index (χ4n) is 4.05. The van der Waals surface area contributed by atoms with Crippen molar-refractivity contribution in [3.8, 4) is 0 Å². The molecule has 0 aromatic heterocycles. The summed E-state index contributed by atoms with van der Waals surface area (Å²) < 4.78 is 0. The van der Waals surface area contributed by atoms with Gasteiger partial charge in [0.25, 0.3) is 0 Å². The lowest BCUT2D eigenvalue weighted by Gasteiger charge is -2.16. The molecular weight excluding hydrogens is 312 g/mol. The monoisotopic (exact) mass is 334 g/mol. The average molecular weight is 335 g/mol. The Bertz CT molecular complexity index is 807. The lowest BCUT2D eigenvalue weighted by atomic mass is 9.95. The van der Waals surface area contributed by atoms with E-state index in [2.05, 4.69) is 64.1 Å². The van der Waals surface area contributed by atoms with Gasteiger partial charge in [0.1, 0.15) is 0 Å². The highest BCUT2D eigenvalue weighted by Crippen LogP contribution is 2.53. The number of hydrogen-bond acceptors (Lipinski definition) is 1. The van der Waals surface area contributed by atoms with Gasteiger partial charge in [-0.15, -0.1) is 0 Å². The Morgan fingerprint density at radius 3 is 2.57 bits per heavy atom. The molecule has 0 saturated carbocycles. The molecule has 1 aromatic rings. The first-order chi connectivity index (χ1) is 11.1. The molecule has 4 rings (SSSR count). The third kappa shape index (κ3) is 2.35. The molecule has 0 amide bonds. The fraction of sp³-hybridized carbons (Fsp3) is 0.333. The van der Waals surface area contributed by atoms with Gasteiger partial charge in [-0.3, -0.25) is 0 Å². The molecule has 0 bridgehead atoms. The highest BCUT2D eigenvalue weighted by atomic mass is 32.2. The van der Waals surface area contributed by atoms with E-state index in [0.29, 0.717) is 11.5 Å². The SMILES string of the molecule is CCC1=C(C)C2C(=CC([Si]C3C(C)=Cc4ccccc43)=C2C)S1. The van der Waals surface area contributed by atoms with Crippen LogP contribution in [0.2, 0.25) is 0 Å². The van der Waals surface area contributed by atoms with Gasteiger partial charge >= 0.3 is 0 Å². The van der Waals surface area contributed by atoms with Gasteiger partial charge in [0.15, 0.2) is 0 Å². The quantitative estimate of drug-likeness (QED) is 0.605. The maximum Gasteiger partial charge on any atom is 0.0944 e. The van der Waals surface area contributed by atoms with Gasteiger partial charge in [-0.1, -0.05) is 77.0 Å². The largest absolute Gasteiger partial charge is 0.0981 e. The number of benzene rings is 1. The standard InChI is InChI=1S/C21H22SSi/c1-5-17-13(3)20-14(4)19(11-18(20)22-17)23-21-12(2)10-15-8-6-7-9-16(15)21/h6-11,20-21H,5H2,1-4H3. The van der Waals surface area contributed by atoms with Gasteiger partial charge in [-0.05, 0) is 43.2 Å². The van der Waals surface area contributed by atoms with E-state index in [1.807, 2.05) is 11.8 Å². The van der Waals surface area contributed by atoms with Crippen molar-refractivity contribution in [2.24, 2.45) is 5.92 Å². The Kier molecular flexibility index (Phi) is 3.77. The van der Waals surface area contributed by atoms with Crippen LogP contribution in [-0.2, 0) is 0 Å². The summed E-state index contributed by atoms with van der Waals surface area (Å²) in [6, 6.07) is 8.90. The average Bonchev–Trinajstić information content (AvgIpc) is 3.14. The van der Waals surface area contributed by atoms with Gasteiger partial charge in [0, 0.05) is 16.4 Å². The van der Waals surface area contributed by atoms with Crippen LogP contribution in [-0.4, -0.2) is 9.52 Å². The second kappa shape index (κ2) is 5.68. The van der Waals surface area contributed by atoms with Gasteiger partial charge in [0.2, 0.25) is 0 Å². The number of allylic oxidation sites excluding steroid dienone is 7. The third-order valence-electron chi connectivity index (χ3n) is 5.31. The molecule has 2 aliphatic carbocycles. The van der Waals surface area contributed by atoms with E-state index in [1.165, 1.54) is 23.1 Å². The van der Waals surface area contributed by atoms with Crippen LogP contribution in [0.3, 0.4) is 0 Å². The highest BCUT2D eigenvalue weighted by molar-refractivity contribution is 8.07. The van der Waals surface area contributed by atoms with E-state index < -0.39 is 0 Å². The predicted octanol–water partition coefficient (Wildman–Crippen LogP) is 6.07. The first-order valence-corrected chi connectivity index (χ1v) is 10.3. The normalized spacial score (nSPS) is 25.7. The van der Waals surface area contributed by atoms with Crippen LogP contribution in [0.15, 0.2) is 62.1 Å². The van der Waals surface area contributed by atoms with Crippen molar-refractivity contribution in [1.29, 1.82) is 0 Å². The summed E-state index contributed by atoms with van der Waals surface area (Å²) in [7, 11) is 0.858. The molecule has 1 heterocycles. The summed E-state index contributed by atoms with van der Waals surface area (Å²) in [4.78, 5) is 3.16. The minimum atomic E-state index is 0.590. The lowest BCUT2D eigenvalue weighted by Crippen LogP contribution is -2.10. The molecule has 23 heavy (non-hydrogen) atoms. The van der Waals surface area contributed by atoms with Crippen LogP contribution in [0.4, 0.5) is 0 Å². The first-order valence-electron chi connectivity index (χ1n) is 8.43. The van der Waals surface area contributed by atoms with E-state index in [9.17, 15) is 0 Å². The summed E-state index contributed by atoms with van der Waals surface area (Å²) in [5.74, 6) is 0.596. The molecule has 116 valence electrons. The molecule has 1 aliphatic heterocycles. The van der Waals surface area contributed by atoms with Crippen molar-refractivity contribution in [1.82, 2.24) is 0 Å². The molecule has 2 heteroatoms. The molecule has 0 nitrogen and oxygen atoms in total. The molecular formula is C21H22SSi. The topological polar surface area (TPSA) is 0 Å². The third-order valence-corrected chi connectivity index (χ3v) is 8.66. The zero-order valence-corrected chi connectivity index (χ0v) is 16.1. The minimum absolute atomic E-state index is 0.590. The molecule has 2 radical (unpaired) electrons. The second-order valence-corrected chi connectivity index (χ2v) is 9.31. The van der Waals surface area contributed by atoms with Gasteiger partial charge in [0.05, 0.1) is 9.52 Å². The highest BCUT2D eigenvalue weighted by Gasteiger charge is 2.35. The summed E-state index contributed by atoms with van der Waals surface area (Å²) in [6.07, 6.45) is 6.05. The Hall–Kier alpha value is -1.25. The van der Waals surface area contributed by atoms with Crippen LogP contribution in [0.1, 0.15) is 50.8 Å². The zero-order chi connectivity index (χ0) is 16.1. The number of hydrogen-bond donors (Lipinski definition) is 0. The molecule has 1 aromatic carbocycles. The molecule has 0 saturated heterocycles. The van der Waals surface area contributed by atoms with E-state index >= 15 is 0 Å². The van der Waals surface area contributed by atoms with Gasteiger partial charge in [-0.25, -0.2) is 0 Å². The van der Waals surface area contributed by atoms with Crippen LogP contribution in [0, 0.1) is 5.92 Å². The Balaban J connectivity index is 1.65. The minimum Gasteiger partial charge on any atom is -0.0981 e. The number of thioether (sulfide) groups is 1. The van der Waals surface area contributed by atoms with Crippen molar-refractivity contribution >= 4 is 27.4 Å². The van der Waals surface area contributed by atoms with Crippen molar-refractivity contribution in [3.63, 3.8) is 0 Å². The van der Waals surface area contributed by atoms with Crippen LogP contribution < -0.4 is 0 Å². The Labute approximate surface area is 146 Å². The molecule has 0 spiro atoms. The van der Waals surface area contributed by atoms with Gasteiger partial charge in [-0.2, -0.15) is 0 Å². The summed E-state index contributed by atoms with van der Waals surface area (Å²) in [5.41, 5.74) is 8.25. The Morgan fingerprint density at radius 1 is 1.04 bits per heavy atom. The summed E-state index contributed by atoms with van der Waals surface area (Å²) in [5, 5.41) is 1.60.